The smallest absolute Gasteiger partial charge is 0.235 e. The Labute approximate surface area is 109 Å². The van der Waals surface area contributed by atoms with Gasteiger partial charge in [-0.1, -0.05) is 0 Å². The van der Waals surface area contributed by atoms with Crippen molar-refractivity contribution in [2.24, 2.45) is 5.92 Å². The molecule has 0 bridgehead atoms. The first-order valence-corrected chi connectivity index (χ1v) is 5.97. The Hall–Kier alpha value is -0.870. The van der Waals surface area contributed by atoms with Gasteiger partial charge in [0, 0.05) is 12.4 Å². The molecule has 17 heavy (non-hydrogen) atoms. The number of nitrogens with one attached hydrogen (secondary N) is 1. The van der Waals surface area contributed by atoms with E-state index in [4.69, 9.17) is 4.74 Å². The number of rotatable bonds is 4. The van der Waals surface area contributed by atoms with Crippen LogP contribution in [-0.2, 0) is 0 Å². The number of hydrogen-bond acceptors (Lipinski definition) is 4. The van der Waals surface area contributed by atoms with E-state index in [1.807, 2.05) is 6.92 Å². The summed E-state index contributed by atoms with van der Waals surface area (Å²) in [6.45, 7) is 4.97. The molecule has 5 heteroatoms. The molecule has 0 saturated carbocycles. The lowest BCUT2D eigenvalue weighted by Gasteiger charge is -2.22. The number of aryl methyl sites for hydroxylation is 1. The summed E-state index contributed by atoms with van der Waals surface area (Å²) >= 11 is 0. The highest BCUT2D eigenvalue weighted by atomic mass is 35.5. The minimum Gasteiger partial charge on any atom is -0.476 e. The molecule has 0 radical (unpaired) electrons. The van der Waals surface area contributed by atoms with Crippen molar-refractivity contribution in [2.45, 2.75) is 26.2 Å². The van der Waals surface area contributed by atoms with Crippen LogP contribution in [0.3, 0.4) is 0 Å². The van der Waals surface area contributed by atoms with Gasteiger partial charge >= 0.3 is 0 Å². The average Bonchev–Trinajstić information content (AvgIpc) is 2.33. The van der Waals surface area contributed by atoms with Gasteiger partial charge in [0.1, 0.15) is 0 Å². The van der Waals surface area contributed by atoms with Crippen LogP contribution in [-0.4, -0.2) is 29.7 Å². The molecule has 0 unspecified atom stereocenters. The van der Waals surface area contributed by atoms with Gasteiger partial charge in [-0.25, -0.2) is 4.98 Å². The number of hydrogen-bond donors (Lipinski definition) is 1. The van der Waals surface area contributed by atoms with E-state index in [-0.39, 0.29) is 12.4 Å². The lowest BCUT2D eigenvalue weighted by atomic mass is 9.95. The number of nitrogens with zero attached hydrogens (tertiary/aromatic N) is 2. The second-order valence-corrected chi connectivity index (χ2v) is 4.28. The van der Waals surface area contributed by atoms with E-state index in [0.717, 1.165) is 37.7 Å². The Kier molecular flexibility index (Phi) is 6.22. The van der Waals surface area contributed by atoms with Crippen LogP contribution in [0.4, 0.5) is 0 Å². The third-order valence-corrected chi connectivity index (χ3v) is 3.06. The Morgan fingerprint density at radius 1 is 1.29 bits per heavy atom. The van der Waals surface area contributed by atoms with E-state index in [2.05, 4.69) is 15.3 Å². The van der Waals surface area contributed by atoms with Crippen LogP contribution in [0.1, 0.15) is 25.0 Å². The lowest BCUT2D eigenvalue weighted by molar-refractivity contribution is 0.243. The first kappa shape index (κ1) is 14.2. The molecule has 0 amide bonds. The Bertz CT molecular complexity index is 329. The summed E-state index contributed by atoms with van der Waals surface area (Å²) in [4.78, 5) is 8.31. The maximum absolute atomic E-state index is 5.65. The maximum atomic E-state index is 5.65. The minimum atomic E-state index is 0. The monoisotopic (exact) mass is 257 g/mol. The summed E-state index contributed by atoms with van der Waals surface area (Å²) in [7, 11) is 0. The molecule has 0 spiro atoms. The third kappa shape index (κ3) is 4.48. The zero-order chi connectivity index (χ0) is 11.2. The predicted molar refractivity (Wildman–Crippen MR) is 69.7 cm³/mol. The average molecular weight is 258 g/mol. The second-order valence-electron chi connectivity index (χ2n) is 4.28. The quantitative estimate of drug-likeness (QED) is 0.896. The Balaban J connectivity index is 0.00000144. The molecule has 1 saturated heterocycles. The number of halogens is 1. The zero-order valence-corrected chi connectivity index (χ0v) is 11.0. The molecular formula is C12H20ClN3O. The van der Waals surface area contributed by atoms with Gasteiger partial charge in [-0.05, 0) is 45.2 Å². The summed E-state index contributed by atoms with van der Waals surface area (Å²) in [6.07, 6.45) is 7.02. The van der Waals surface area contributed by atoms with Crippen LogP contribution in [0, 0.1) is 12.8 Å². The van der Waals surface area contributed by atoms with Crippen LogP contribution in [0.25, 0.3) is 0 Å². The van der Waals surface area contributed by atoms with Crippen molar-refractivity contribution in [3.8, 4) is 5.88 Å². The van der Waals surface area contributed by atoms with Crippen molar-refractivity contribution in [1.82, 2.24) is 15.3 Å². The summed E-state index contributed by atoms with van der Waals surface area (Å²) in [5.74, 6) is 1.48. The molecule has 0 atom stereocenters. The van der Waals surface area contributed by atoms with Gasteiger partial charge in [0.05, 0.1) is 12.3 Å². The largest absolute Gasteiger partial charge is 0.476 e. The fourth-order valence-electron chi connectivity index (χ4n) is 2.03. The highest BCUT2D eigenvalue weighted by Gasteiger charge is 2.13. The molecule has 96 valence electrons. The predicted octanol–water partition coefficient (Wildman–Crippen LogP) is 1.98. The molecule has 1 N–H and O–H groups in total. The van der Waals surface area contributed by atoms with Gasteiger partial charge < -0.3 is 10.1 Å². The van der Waals surface area contributed by atoms with Crippen molar-refractivity contribution >= 4 is 12.4 Å². The normalized spacial score (nSPS) is 16.3. The lowest BCUT2D eigenvalue weighted by Crippen LogP contribution is -2.28. The van der Waals surface area contributed by atoms with E-state index < -0.39 is 0 Å². The molecule has 2 heterocycles. The summed E-state index contributed by atoms with van der Waals surface area (Å²) in [6, 6.07) is 0. The molecular weight excluding hydrogens is 238 g/mol. The number of ether oxygens (including phenoxy) is 1. The van der Waals surface area contributed by atoms with Crippen molar-refractivity contribution < 1.29 is 4.74 Å². The molecule has 1 fully saturated rings. The first-order valence-electron chi connectivity index (χ1n) is 5.97. The highest BCUT2D eigenvalue weighted by Crippen LogP contribution is 2.17. The fourth-order valence-corrected chi connectivity index (χ4v) is 2.03. The summed E-state index contributed by atoms with van der Waals surface area (Å²) < 4.78 is 5.65. The fraction of sp³-hybridized carbons (Fsp3) is 0.667. The topological polar surface area (TPSA) is 47.0 Å². The van der Waals surface area contributed by atoms with Gasteiger partial charge in [0.2, 0.25) is 5.88 Å². The van der Waals surface area contributed by atoms with Gasteiger partial charge in [-0.2, -0.15) is 0 Å². The summed E-state index contributed by atoms with van der Waals surface area (Å²) in [5.41, 5.74) is 0.868. The first-order chi connectivity index (χ1) is 7.86. The standard InChI is InChI=1S/C12H19N3O.ClH/c1-10-12(15-8-7-14-10)16-9-4-11-2-5-13-6-3-11;/h7-8,11,13H,2-6,9H2,1H3;1H. The Morgan fingerprint density at radius 3 is 2.71 bits per heavy atom. The zero-order valence-electron chi connectivity index (χ0n) is 10.2. The molecule has 1 aliphatic rings. The second kappa shape index (κ2) is 7.45. The van der Waals surface area contributed by atoms with Crippen LogP contribution < -0.4 is 10.1 Å². The highest BCUT2D eigenvalue weighted by molar-refractivity contribution is 5.85. The van der Waals surface area contributed by atoms with Crippen molar-refractivity contribution in [2.75, 3.05) is 19.7 Å². The van der Waals surface area contributed by atoms with E-state index in [1.54, 1.807) is 12.4 Å². The SMILES string of the molecule is Cc1nccnc1OCCC1CCNCC1.Cl. The van der Waals surface area contributed by atoms with E-state index >= 15 is 0 Å². The molecule has 1 aliphatic heterocycles. The van der Waals surface area contributed by atoms with E-state index in [9.17, 15) is 0 Å². The molecule has 1 aromatic heterocycles. The molecule has 1 aromatic rings. The van der Waals surface area contributed by atoms with Gasteiger partial charge in [-0.15, -0.1) is 12.4 Å². The molecule has 0 aliphatic carbocycles. The van der Waals surface area contributed by atoms with Crippen molar-refractivity contribution in [3.63, 3.8) is 0 Å². The number of piperidine rings is 1. The summed E-state index contributed by atoms with van der Waals surface area (Å²) in [5, 5.41) is 3.37. The maximum Gasteiger partial charge on any atom is 0.235 e. The van der Waals surface area contributed by atoms with E-state index in [0.29, 0.717) is 5.88 Å². The van der Waals surface area contributed by atoms with Gasteiger partial charge in [0.25, 0.3) is 0 Å². The van der Waals surface area contributed by atoms with Crippen molar-refractivity contribution in [1.29, 1.82) is 0 Å². The Morgan fingerprint density at radius 2 is 2.00 bits per heavy atom. The van der Waals surface area contributed by atoms with Crippen LogP contribution in [0.15, 0.2) is 12.4 Å². The van der Waals surface area contributed by atoms with Crippen LogP contribution >= 0.6 is 12.4 Å². The van der Waals surface area contributed by atoms with Crippen LogP contribution in [0.2, 0.25) is 0 Å². The van der Waals surface area contributed by atoms with Gasteiger partial charge in [-0.3, -0.25) is 4.98 Å². The van der Waals surface area contributed by atoms with E-state index in [1.165, 1.54) is 12.8 Å². The molecule has 0 aromatic carbocycles. The third-order valence-electron chi connectivity index (χ3n) is 3.06. The van der Waals surface area contributed by atoms with Crippen LogP contribution in [0.5, 0.6) is 5.88 Å². The minimum absolute atomic E-state index is 0. The number of aromatic nitrogens is 2. The van der Waals surface area contributed by atoms with Crippen molar-refractivity contribution in [3.05, 3.63) is 18.1 Å². The molecule has 2 rings (SSSR count). The molecule has 4 nitrogen and oxygen atoms in total. The van der Waals surface area contributed by atoms with Gasteiger partial charge in [0.15, 0.2) is 0 Å².